The summed E-state index contributed by atoms with van der Waals surface area (Å²) in [5, 5.41) is 7.45. The lowest BCUT2D eigenvalue weighted by molar-refractivity contribution is 0.140. The smallest absolute Gasteiger partial charge is 0.0144 e. The first kappa shape index (κ1) is 13.0. The van der Waals surface area contributed by atoms with Crippen molar-refractivity contribution in [3.05, 3.63) is 0 Å². The van der Waals surface area contributed by atoms with Crippen LogP contribution < -0.4 is 10.6 Å². The third-order valence-electron chi connectivity index (χ3n) is 3.32. The predicted octanol–water partition coefficient (Wildman–Crippen LogP) is 2.68. The second-order valence-corrected chi connectivity index (χ2v) is 6.47. The zero-order valence-electron chi connectivity index (χ0n) is 11.3. The average molecular weight is 212 g/mol. The monoisotopic (exact) mass is 212 g/mol. The number of hydrogen-bond acceptors (Lipinski definition) is 2. The lowest BCUT2D eigenvalue weighted by atomic mass is 9.79. The Morgan fingerprint density at radius 2 is 1.67 bits per heavy atom. The van der Waals surface area contributed by atoms with Crippen LogP contribution in [0.2, 0.25) is 0 Å². The zero-order chi connectivity index (χ0) is 11.7. The number of rotatable bonds is 3. The van der Waals surface area contributed by atoms with Crippen LogP contribution in [0, 0.1) is 0 Å². The summed E-state index contributed by atoms with van der Waals surface area (Å²) in [5.74, 6) is 0. The standard InChI is InChI=1S/C13H28N2/c1-7-10(2)14-11-8-12(3,4)15-13(5,6)9-11/h10-11,14-15H,7-9H2,1-6H3/t10-/m0/s1. The van der Waals surface area contributed by atoms with Gasteiger partial charge >= 0.3 is 0 Å². The molecule has 0 aromatic heterocycles. The molecule has 1 saturated heterocycles. The Morgan fingerprint density at radius 3 is 2.07 bits per heavy atom. The molecule has 1 atom stereocenters. The minimum Gasteiger partial charge on any atom is -0.311 e. The fourth-order valence-electron chi connectivity index (χ4n) is 2.96. The highest BCUT2D eigenvalue weighted by atomic mass is 15.1. The van der Waals surface area contributed by atoms with Crippen molar-refractivity contribution in [3.63, 3.8) is 0 Å². The summed E-state index contributed by atoms with van der Waals surface area (Å²) >= 11 is 0. The topological polar surface area (TPSA) is 24.1 Å². The van der Waals surface area contributed by atoms with E-state index in [9.17, 15) is 0 Å². The molecule has 1 rings (SSSR count). The van der Waals surface area contributed by atoms with E-state index in [1.165, 1.54) is 19.3 Å². The number of nitrogens with one attached hydrogen (secondary N) is 2. The van der Waals surface area contributed by atoms with Gasteiger partial charge in [0.25, 0.3) is 0 Å². The Balaban J connectivity index is 2.59. The molecular weight excluding hydrogens is 184 g/mol. The number of piperidine rings is 1. The van der Waals surface area contributed by atoms with Crippen LogP contribution in [0.1, 0.15) is 60.8 Å². The molecule has 90 valence electrons. The van der Waals surface area contributed by atoms with E-state index in [0.717, 1.165) is 0 Å². The summed E-state index contributed by atoms with van der Waals surface area (Å²) in [7, 11) is 0. The van der Waals surface area contributed by atoms with Crippen LogP contribution in [-0.4, -0.2) is 23.2 Å². The summed E-state index contributed by atoms with van der Waals surface area (Å²) in [5.41, 5.74) is 0.514. The summed E-state index contributed by atoms with van der Waals surface area (Å²) in [6.45, 7) is 13.7. The highest BCUT2D eigenvalue weighted by molar-refractivity contribution is 4.99. The van der Waals surface area contributed by atoms with E-state index in [2.05, 4.69) is 52.2 Å². The van der Waals surface area contributed by atoms with Crippen molar-refractivity contribution in [1.82, 2.24) is 10.6 Å². The van der Waals surface area contributed by atoms with E-state index >= 15 is 0 Å². The summed E-state index contributed by atoms with van der Waals surface area (Å²) in [4.78, 5) is 0. The molecule has 0 amide bonds. The Labute approximate surface area is 95.2 Å². The summed E-state index contributed by atoms with van der Waals surface area (Å²) in [6.07, 6.45) is 3.66. The van der Waals surface area contributed by atoms with Crippen molar-refractivity contribution in [2.45, 2.75) is 84.0 Å². The highest BCUT2D eigenvalue weighted by Crippen LogP contribution is 2.28. The SMILES string of the molecule is CC[C@H](C)NC1CC(C)(C)NC(C)(C)C1. The third kappa shape index (κ3) is 4.12. The van der Waals surface area contributed by atoms with Crippen LogP contribution in [-0.2, 0) is 0 Å². The second-order valence-electron chi connectivity index (χ2n) is 6.47. The molecule has 0 unspecified atom stereocenters. The van der Waals surface area contributed by atoms with E-state index < -0.39 is 0 Å². The van der Waals surface area contributed by atoms with Crippen molar-refractivity contribution in [2.75, 3.05) is 0 Å². The van der Waals surface area contributed by atoms with Gasteiger partial charge in [0.15, 0.2) is 0 Å². The molecule has 1 fully saturated rings. The van der Waals surface area contributed by atoms with Crippen molar-refractivity contribution >= 4 is 0 Å². The first-order valence-corrected chi connectivity index (χ1v) is 6.29. The van der Waals surface area contributed by atoms with Crippen LogP contribution in [0.4, 0.5) is 0 Å². The van der Waals surface area contributed by atoms with Crippen molar-refractivity contribution in [2.24, 2.45) is 0 Å². The first-order valence-electron chi connectivity index (χ1n) is 6.29. The van der Waals surface area contributed by atoms with E-state index in [0.29, 0.717) is 12.1 Å². The van der Waals surface area contributed by atoms with E-state index in [1.807, 2.05) is 0 Å². The quantitative estimate of drug-likeness (QED) is 0.751. The number of hydrogen-bond donors (Lipinski definition) is 2. The Morgan fingerprint density at radius 1 is 1.20 bits per heavy atom. The van der Waals surface area contributed by atoms with Gasteiger partial charge < -0.3 is 10.6 Å². The maximum Gasteiger partial charge on any atom is 0.0144 e. The molecule has 0 radical (unpaired) electrons. The maximum atomic E-state index is 3.74. The molecule has 0 aromatic carbocycles. The van der Waals surface area contributed by atoms with Crippen LogP contribution in [0.3, 0.4) is 0 Å². The van der Waals surface area contributed by atoms with Crippen LogP contribution in [0.15, 0.2) is 0 Å². The molecule has 1 aliphatic rings. The van der Waals surface area contributed by atoms with Gasteiger partial charge in [-0.25, -0.2) is 0 Å². The van der Waals surface area contributed by atoms with Gasteiger partial charge in [-0.15, -0.1) is 0 Å². The average Bonchev–Trinajstić information content (AvgIpc) is 1.97. The highest BCUT2D eigenvalue weighted by Gasteiger charge is 2.37. The zero-order valence-corrected chi connectivity index (χ0v) is 11.3. The minimum absolute atomic E-state index is 0.257. The van der Waals surface area contributed by atoms with Gasteiger partial charge in [-0.1, -0.05) is 6.92 Å². The molecular formula is C13H28N2. The molecule has 0 aliphatic carbocycles. The fourth-order valence-corrected chi connectivity index (χ4v) is 2.96. The minimum atomic E-state index is 0.257. The third-order valence-corrected chi connectivity index (χ3v) is 3.32. The molecule has 15 heavy (non-hydrogen) atoms. The summed E-state index contributed by atoms with van der Waals surface area (Å²) < 4.78 is 0. The van der Waals surface area contributed by atoms with Gasteiger partial charge in [-0.3, -0.25) is 0 Å². The van der Waals surface area contributed by atoms with Gasteiger partial charge in [0, 0.05) is 23.2 Å². The van der Waals surface area contributed by atoms with Gasteiger partial charge in [0.2, 0.25) is 0 Å². The molecule has 1 aliphatic heterocycles. The van der Waals surface area contributed by atoms with Crippen molar-refractivity contribution in [1.29, 1.82) is 0 Å². The second kappa shape index (κ2) is 4.42. The Kier molecular flexibility index (Phi) is 3.83. The van der Waals surface area contributed by atoms with Gasteiger partial charge in [0.05, 0.1) is 0 Å². The first-order chi connectivity index (χ1) is 6.74. The molecule has 1 heterocycles. The molecule has 2 nitrogen and oxygen atoms in total. The van der Waals surface area contributed by atoms with E-state index in [1.54, 1.807) is 0 Å². The lowest BCUT2D eigenvalue weighted by Crippen LogP contribution is -2.62. The predicted molar refractivity (Wildman–Crippen MR) is 67.2 cm³/mol. The van der Waals surface area contributed by atoms with Crippen LogP contribution in [0.25, 0.3) is 0 Å². The lowest BCUT2D eigenvalue weighted by Gasteiger charge is -2.47. The molecule has 0 saturated carbocycles. The van der Waals surface area contributed by atoms with Gasteiger partial charge in [-0.2, -0.15) is 0 Å². The molecule has 2 heteroatoms. The molecule has 2 N–H and O–H groups in total. The van der Waals surface area contributed by atoms with Gasteiger partial charge in [-0.05, 0) is 53.9 Å². The van der Waals surface area contributed by atoms with Crippen molar-refractivity contribution < 1.29 is 0 Å². The van der Waals surface area contributed by atoms with Gasteiger partial charge in [0.1, 0.15) is 0 Å². The summed E-state index contributed by atoms with van der Waals surface area (Å²) in [6, 6.07) is 1.30. The van der Waals surface area contributed by atoms with E-state index in [-0.39, 0.29) is 11.1 Å². The van der Waals surface area contributed by atoms with Crippen LogP contribution in [0.5, 0.6) is 0 Å². The van der Waals surface area contributed by atoms with Crippen LogP contribution >= 0.6 is 0 Å². The molecule has 0 aromatic rings. The Hall–Kier alpha value is -0.0800. The fraction of sp³-hybridized carbons (Fsp3) is 1.00. The Bertz CT molecular complexity index is 193. The van der Waals surface area contributed by atoms with Crippen molar-refractivity contribution in [3.8, 4) is 0 Å². The normalized spacial score (nSPS) is 27.6. The molecule has 0 spiro atoms. The maximum absolute atomic E-state index is 3.74. The largest absolute Gasteiger partial charge is 0.311 e. The molecule has 0 bridgehead atoms. The van der Waals surface area contributed by atoms with E-state index in [4.69, 9.17) is 0 Å².